The topological polar surface area (TPSA) is 82.4 Å². The van der Waals surface area contributed by atoms with Crippen molar-refractivity contribution in [1.82, 2.24) is 10.2 Å². The van der Waals surface area contributed by atoms with Crippen molar-refractivity contribution in [2.75, 3.05) is 19.7 Å². The van der Waals surface area contributed by atoms with Gasteiger partial charge in [-0.25, -0.2) is 0 Å². The monoisotopic (exact) mass is 405 g/mol. The van der Waals surface area contributed by atoms with Crippen molar-refractivity contribution in [2.45, 2.75) is 32.7 Å². The highest BCUT2D eigenvalue weighted by Crippen LogP contribution is 2.21. The van der Waals surface area contributed by atoms with Gasteiger partial charge in [0.05, 0.1) is 18.2 Å². The molecule has 1 saturated heterocycles. The fourth-order valence-corrected chi connectivity index (χ4v) is 3.43. The van der Waals surface area contributed by atoms with Gasteiger partial charge in [0.1, 0.15) is 5.75 Å². The molecular weight excluding hydrogens is 378 g/mol. The van der Waals surface area contributed by atoms with Crippen LogP contribution in [0.1, 0.15) is 53.0 Å². The molecule has 2 amide bonds. The first kappa shape index (κ1) is 21.4. The van der Waals surface area contributed by atoms with Crippen LogP contribution in [-0.2, 0) is 0 Å². The number of benzene rings is 2. The Bertz CT molecular complexity index is 906. The standard InChI is InChI=1S/C24H27N3O3/c1-17(2)26-23(28)20-7-9-22(10-8-20)30-16-19-11-13-27(14-12-19)24(29)21-5-3-18(15-25)4-6-21/h3-10,17,19H,11-14,16H2,1-2H3,(H,26,28). The summed E-state index contributed by atoms with van der Waals surface area (Å²) in [6.45, 7) is 5.84. The number of nitrogens with one attached hydrogen (secondary N) is 1. The lowest BCUT2D eigenvalue weighted by Gasteiger charge is -2.32. The first-order chi connectivity index (χ1) is 14.5. The Balaban J connectivity index is 1.45. The van der Waals surface area contributed by atoms with Crippen LogP contribution in [0.3, 0.4) is 0 Å². The maximum Gasteiger partial charge on any atom is 0.253 e. The molecule has 1 aliphatic heterocycles. The van der Waals surface area contributed by atoms with E-state index >= 15 is 0 Å². The molecule has 6 nitrogen and oxygen atoms in total. The number of nitriles is 1. The zero-order chi connectivity index (χ0) is 21.5. The maximum atomic E-state index is 12.6. The van der Waals surface area contributed by atoms with Gasteiger partial charge in [-0.2, -0.15) is 5.26 Å². The molecule has 1 N–H and O–H groups in total. The van der Waals surface area contributed by atoms with E-state index in [1.54, 1.807) is 36.4 Å². The summed E-state index contributed by atoms with van der Waals surface area (Å²) in [6.07, 6.45) is 1.77. The number of likely N-dealkylation sites (tertiary alicyclic amines) is 1. The number of ether oxygens (including phenoxy) is 1. The third-order valence-electron chi connectivity index (χ3n) is 5.18. The first-order valence-electron chi connectivity index (χ1n) is 10.3. The van der Waals surface area contributed by atoms with E-state index in [9.17, 15) is 9.59 Å². The van der Waals surface area contributed by atoms with Crippen LogP contribution < -0.4 is 10.1 Å². The van der Waals surface area contributed by atoms with E-state index in [-0.39, 0.29) is 17.9 Å². The Labute approximate surface area is 177 Å². The number of hydrogen-bond acceptors (Lipinski definition) is 4. The minimum Gasteiger partial charge on any atom is -0.493 e. The molecule has 156 valence electrons. The zero-order valence-electron chi connectivity index (χ0n) is 17.4. The Morgan fingerprint density at radius 3 is 2.23 bits per heavy atom. The van der Waals surface area contributed by atoms with Gasteiger partial charge in [-0.3, -0.25) is 9.59 Å². The number of hydrogen-bond donors (Lipinski definition) is 1. The molecule has 1 fully saturated rings. The van der Waals surface area contributed by atoms with E-state index in [0.717, 1.165) is 18.6 Å². The molecule has 0 bridgehead atoms. The molecule has 0 atom stereocenters. The van der Waals surface area contributed by atoms with Crippen LogP contribution in [0.5, 0.6) is 5.75 Å². The molecule has 0 aliphatic carbocycles. The summed E-state index contributed by atoms with van der Waals surface area (Å²) in [5.74, 6) is 1.05. The van der Waals surface area contributed by atoms with Crippen molar-refractivity contribution in [2.24, 2.45) is 5.92 Å². The number of carbonyl (C=O) groups excluding carboxylic acids is 2. The van der Waals surface area contributed by atoms with Gasteiger partial charge >= 0.3 is 0 Å². The van der Waals surface area contributed by atoms with Crippen LogP contribution >= 0.6 is 0 Å². The van der Waals surface area contributed by atoms with E-state index in [1.807, 2.05) is 30.9 Å². The van der Waals surface area contributed by atoms with Crippen LogP contribution in [0.4, 0.5) is 0 Å². The summed E-state index contributed by atoms with van der Waals surface area (Å²) in [4.78, 5) is 26.5. The quantitative estimate of drug-likeness (QED) is 0.796. The van der Waals surface area contributed by atoms with E-state index in [2.05, 4.69) is 11.4 Å². The number of piperidine rings is 1. The molecule has 0 saturated carbocycles. The predicted octanol–water partition coefficient (Wildman–Crippen LogP) is 3.63. The molecular formula is C24H27N3O3. The predicted molar refractivity (Wildman–Crippen MR) is 114 cm³/mol. The molecule has 0 aromatic heterocycles. The second-order valence-corrected chi connectivity index (χ2v) is 7.89. The second-order valence-electron chi connectivity index (χ2n) is 7.89. The van der Waals surface area contributed by atoms with E-state index < -0.39 is 0 Å². The fraction of sp³-hybridized carbons (Fsp3) is 0.375. The van der Waals surface area contributed by atoms with Gasteiger partial charge in [-0.1, -0.05) is 0 Å². The van der Waals surface area contributed by atoms with Crippen LogP contribution in [0.15, 0.2) is 48.5 Å². The van der Waals surface area contributed by atoms with Crippen molar-refractivity contribution < 1.29 is 14.3 Å². The normalized spacial score (nSPS) is 14.3. The summed E-state index contributed by atoms with van der Waals surface area (Å²) in [7, 11) is 0. The molecule has 3 rings (SSSR count). The Kier molecular flexibility index (Phi) is 7.08. The van der Waals surface area contributed by atoms with Crippen molar-refractivity contribution in [3.8, 4) is 11.8 Å². The van der Waals surface area contributed by atoms with Crippen molar-refractivity contribution in [3.63, 3.8) is 0 Å². The lowest BCUT2D eigenvalue weighted by Crippen LogP contribution is -2.39. The summed E-state index contributed by atoms with van der Waals surface area (Å²) in [5, 5.41) is 11.7. The highest BCUT2D eigenvalue weighted by Gasteiger charge is 2.24. The number of rotatable bonds is 6. The summed E-state index contributed by atoms with van der Waals surface area (Å²) < 4.78 is 5.90. The third kappa shape index (κ3) is 5.60. The average Bonchev–Trinajstić information content (AvgIpc) is 2.77. The van der Waals surface area contributed by atoms with Gasteiger partial charge in [0, 0.05) is 30.3 Å². The van der Waals surface area contributed by atoms with Crippen LogP contribution in [0.2, 0.25) is 0 Å². The van der Waals surface area contributed by atoms with E-state index in [4.69, 9.17) is 10.00 Å². The largest absolute Gasteiger partial charge is 0.493 e. The van der Waals surface area contributed by atoms with Gasteiger partial charge in [0.2, 0.25) is 0 Å². The van der Waals surface area contributed by atoms with Gasteiger partial charge < -0.3 is 15.0 Å². The Morgan fingerprint density at radius 2 is 1.67 bits per heavy atom. The summed E-state index contributed by atoms with van der Waals surface area (Å²) in [6, 6.07) is 16.1. The van der Waals surface area contributed by atoms with E-state index in [0.29, 0.717) is 42.3 Å². The zero-order valence-corrected chi connectivity index (χ0v) is 17.4. The minimum atomic E-state index is -0.0872. The summed E-state index contributed by atoms with van der Waals surface area (Å²) >= 11 is 0. The second kappa shape index (κ2) is 9.93. The molecule has 30 heavy (non-hydrogen) atoms. The van der Waals surface area contributed by atoms with Crippen molar-refractivity contribution >= 4 is 11.8 Å². The Hall–Kier alpha value is -3.33. The number of carbonyl (C=O) groups is 2. The molecule has 6 heteroatoms. The average molecular weight is 405 g/mol. The smallest absolute Gasteiger partial charge is 0.253 e. The fourth-order valence-electron chi connectivity index (χ4n) is 3.43. The van der Waals surface area contributed by atoms with Crippen LogP contribution in [-0.4, -0.2) is 42.5 Å². The van der Waals surface area contributed by atoms with Crippen molar-refractivity contribution in [3.05, 3.63) is 65.2 Å². The van der Waals surface area contributed by atoms with Gasteiger partial charge in [0.25, 0.3) is 11.8 Å². The Morgan fingerprint density at radius 1 is 1.07 bits per heavy atom. The molecule has 1 aliphatic rings. The van der Waals surface area contributed by atoms with Crippen molar-refractivity contribution in [1.29, 1.82) is 5.26 Å². The maximum absolute atomic E-state index is 12.6. The van der Waals surface area contributed by atoms with E-state index in [1.165, 1.54) is 0 Å². The molecule has 1 heterocycles. The lowest BCUT2D eigenvalue weighted by atomic mass is 9.97. The van der Waals surface area contributed by atoms with Crippen LogP contribution in [0, 0.1) is 17.2 Å². The van der Waals surface area contributed by atoms with Crippen LogP contribution in [0.25, 0.3) is 0 Å². The highest BCUT2D eigenvalue weighted by atomic mass is 16.5. The van der Waals surface area contributed by atoms with Gasteiger partial charge in [-0.15, -0.1) is 0 Å². The number of amides is 2. The van der Waals surface area contributed by atoms with Gasteiger partial charge in [0.15, 0.2) is 0 Å². The first-order valence-corrected chi connectivity index (χ1v) is 10.3. The van der Waals surface area contributed by atoms with Gasteiger partial charge in [-0.05, 0) is 81.1 Å². The molecule has 0 unspecified atom stereocenters. The minimum absolute atomic E-state index is 0.00845. The third-order valence-corrected chi connectivity index (χ3v) is 5.18. The molecule has 0 spiro atoms. The SMILES string of the molecule is CC(C)NC(=O)c1ccc(OCC2CCN(C(=O)c3ccc(C#N)cc3)CC2)cc1. The number of nitrogens with zero attached hydrogens (tertiary/aromatic N) is 2. The molecule has 0 radical (unpaired) electrons. The summed E-state index contributed by atoms with van der Waals surface area (Å²) in [5.41, 5.74) is 1.78. The lowest BCUT2D eigenvalue weighted by molar-refractivity contribution is 0.0660. The molecule has 2 aromatic rings. The molecule has 2 aromatic carbocycles. The highest BCUT2D eigenvalue weighted by molar-refractivity contribution is 5.94.